The SMILES string of the molecule is COc1ccc(-c2nc(COc3ccccc3)sc2C)cc1. The van der Waals surface area contributed by atoms with Crippen molar-refractivity contribution in [1.82, 2.24) is 4.98 Å². The highest BCUT2D eigenvalue weighted by Crippen LogP contribution is 2.29. The van der Waals surface area contributed by atoms with E-state index < -0.39 is 0 Å². The molecule has 3 nitrogen and oxygen atoms in total. The maximum atomic E-state index is 5.76. The van der Waals surface area contributed by atoms with Gasteiger partial charge in [0.2, 0.25) is 0 Å². The summed E-state index contributed by atoms with van der Waals surface area (Å²) in [7, 11) is 1.67. The van der Waals surface area contributed by atoms with Crippen molar-refractivity contribution in [2.75, 3.05) is 7.11 Å². The third-order valence-electron chi connectivity index (χ3n) is 3.31. The van der Waals surface area contributed by atoms with Gasteiger partial charge in [0.05, 0.1) is 12.8 Å². The fourth-order valence-electron chi connectivity index (χ4n) is 2.19. The van der Waals surface area contributed by atoms with Crippen LogP contribution < -0.4 is 9.47 Å². The first kappa shape index (κ1) is 14.6. The van der Waals surface area contributed by atoms with Gasteiger partial charge in [-0.1, -0.05) is 18.2 Å². The minimum Gasteiger partial charge on any atom is -0.497 e. The molecular formula is C18H17NO2S. The second kappa shape index (κ2) is 6.62. The number of benzene rings is 2. The maximum Gasteiger partial charge on any atom is 0.140 e. The lowest BCUT2D eigenvalue weighted by Crippen LogP contribution is -1.94. The molecule has 0 radical (unpaired) electrons. The van der Waals surface area contributed by atoms with E-state index in [1.54, 1.807) is 18.4 Å². The first-order valence-corrected chi connectivity index (χ1v) is 7.86. The molecule has 0 aliphatic heterocycles. The molecule has 0 atom stereocenters. The van der Waals surface area contributed by atoms with E-state index in [1.165, 1.54) is 4.88 Å². The van der Waals surface area contributed by atoms with Crippen molar-refractivity contribution in [3.05, 3.63) is 64.5 Å². The molecule has 2 aromatic carbocycles. The Morgan fingerprint density at radius 2 is 1.68 bits per heavy atom. The molecule has 0 amide bonds. The molecule has 0 N–H and O–H groups in total. The van der Waals surface area contributed by atoms with Gasteiger partial charge in [0.1, 0.15) is 23.1 Å². The molecule has 112 valence electrons. The van der Waals surface area contributed by atoms with E-state index in [1.807, 2.05) is 54.6 Å². The van der Waals surface area contributed by atoms with E-state index in [-0.39, 0.29) is 0 Å². The Balaban J connectivity index is 1.75. The first-order chi connectivity index (χ1) is 10.8. The fourth-order valence-corrected chi connectivity index (χ4v) is 3.06. The number of hydrogen-bond acceptors (Lipinski definition) is 4. The van der Waals surface area contributed by atoms with Gasteiger partial charge in [-0.05, 0) is 43.3 Å². The van der Waals surface area contributed by atoms with Crippen LogP contribution in [0.15, 0.2) is 54.6 Å². The van der Waals surface area contributed by atoms with Crippen molar-refractivity contribution in [1.29, 1.82) is 0 Å². The summed E-state index contributed by atoms with van der Waals surface area (Å²) in [4.78, 5) is 5.89. The third kappa shape index (κ3) is 3.28. The van der Waals surface area contributed by atoms with Crippen LogP contribution in [0.25, 0.3) is 11.3 Å². The normalized spacial score (nSPS) is 10.5. The summed E-state index contributed by atoms with van der Waals surface area (Å²) in [5, 5.41) is 0.979. The van der Waals surface area contributed by atoms with Crippen LogP contribution in [-0.2, 0) is 6.61 Å². The summed E-state index contributed by atoms with van der Waals surface area (Å²) in [5.41, 5.74) is 2.11. The van der Waals surface area contributed by atoms with Gasteiger partial charge in [-0.25, -0.2) is 4.98 Å². The molecule has 0 aliphatic carbocycles. The van der Waals surface area contributed by atoms with Gasteiger partial charge in [-0.2, -0.15) is 0 Å². The van der Waals surface area contributed by atoms with Gasteiger partial charge >= 0.3 is 0 Å². The number of aryl methyl sites for hydroxylation is 1. The number of hydrogen-bond donors (Lipinski definition) is 0. The summed E-state index contributed by atoms with van der Waals surface area (Å²) in [6.45, 7) is 2.58. The average Bonchev–Trinajstić information content (AvgIpc) is 2.95. The van der Waals surface area contributed by atoms with Crippen LogP contribution in [0.2, 0.25) is 0 Å². The Bertz CT molecular complexity index is 736. The second-order valence-electron chi connectivity index (χ2n) is 4.84. The fraction of sp³-hybridized carbons (Fsp3) is 0.167. The molecule has 0 bridgehead atoms. The van der Waals surface area contributed by atoms with Crippen molar-refractivity contribution in [3.8, 4) is 22.8 Å². The molecule has 0 aliphatic rings. The number of nitrogens with zero attached hydrogens (tertiary/aromatic N) is 1. The number of rotatable bonds is 5. The predicted octanol–water partition coefficient (Wildman–Crippen LogP) is 4.71. The van der Waals surface area contributed by atoms with Gasteiger partial charge in [-0.15, -0.1) is 11.3 Å². The van der Waals surface area contributed by atoms with Crippen molar-refractivity contribution < 1.29 is 9.47 Å². The zero-order valence-corrected chi connectivity index (χ0v) is 13.4. The van der Waals surface area contributed by atoms with Gasteiger partial charge in [0.15, 0.2) is 0 Å². The van der Waals surface area contributed by atoms with Gasteiger partial charge in [0.25, 0.3) is 0 Å². The standard InChI is InChI=1S/C18H17NO2S/c1-13-18(14-8-10-15(20-2)11-9-14)19-17(22-13)12-21-16-6-4-3-5-7-16/h3-11H,12H2,1-2H3. The Hall–Kier alpha value is -2.33. The lowest BCUT2D eigenvalue weighted by Gasteiger charge is -2.03. The van der Waals surface area contributed by atoms with Crippen LogP contribution in [0.5, 0.6) is 11.5 Å². The van der Waals surface area contributed by atoms with Crippen LogP contribution >= 0.6 is 11.3 Å². The summed E-state index contributed by atoms with van der Waals surface area (Å²) in [5.74, 6) is 1.71. The van der Waals surface area contributed by atoms with Gasteiger partial charge in [0, 0.05) is 10.4 Å². The van der Waals surface area contributed by atoms with E-state index in [0.29, 0.717) is 6.61 Å². The molecule has 0 saturated heterocycles. The Morgan fingerprint density at radius 1 is 0.955 bits per heavy atom. The molecule has 1 heterocycles. The average molecular weight is 311 g/mol. The quantitative estimate of drug-likeness (QED) is 0.684. The zero-order chi connectivity index (χ0) is 15.4. The Kier molecular flexibility index (Phi) is 4.39. The molecular weight excluding hydrogens is 294 g/mol. The highest BCUT2D eigenvalue weighted by atomic mass is 32.1. The van der Waals surface area contributed by atoms with Gasteiger partial charge in [-0.3, -0.25) is 0 Å². The van der Waals surface area contributed by atoms with Crippen LogP contribution in [-0.4, -0.2) is 12.1 Å². The maximum absolute atomic E-state index is 5.76. The molecule has 3 rings (SSSR count). The smallest absolute Gasteiger partial charge is 0.140 e. The Morgan fingerprint density at radius 3 is 2.36 bits per heavy atom. The topological polar surface area (TPSA) is 31.4 Å². The monoisotopic (exact) mass is 311 g/mol. The number of ether oxygens (including phenoxy) is 2. The van der Waals surface area contributed by atoms with Crippen LogP contribution in [0.3, 0.4) is 0 Å². The zero-order valence-electron chi connectivity index (χ0n) is 12.6. The van der Waals surface area contributed by atoms with Crippen molar-refractivity contribution in [3.63, 3.8) is 0 Å². The molecule has 4 heteroatoms. The van der Waals surface area contributed by atoms with Crippen molar-refractivity contribution in [2.45, 2.75) is 13.5 Å². The summed E-state index contributed by atoms with van der Waals surface area (Å²) >= 11 is 1.67. The van der Waals surface area contributed by atoms with Crippen LogP contribution in [0.1, 0.15) is 9.88 Å². The van der Waals surface area contributed by atoms with Crippen LogP contribution in [0.4, 0.5) is 0 Å². The van der Waals surface area contributed by atoms with E-state index in [9.17, 15) is 0 Å². The van der Waals surface area contributed by atoms with Crippen LogP contribution in [0, 0.1) is 6.92 Å². The van der Waals surface area contributed by atoms with E-state index in [0.717, 1.165) is 27.8 Å². The number of thiazole rings is 1. The molecule has 0 fully saturated rings. The Labute approximate surface area is 134 Å². The second-order valence-corrected chi connectivity index (χ2v) is 6.13. The number of aromatic nitrogens is 1. The van der Waals surface area contributed by atoms with Crippen molar-refractivity contribution >= 4 is 11.3 Å². The highest BCUT2D eigenvalue weighted by Gasteiger charge is 2.10. The lowest BCUT2D eigenvalue weighted by atomic mass is 10.1. The highest BCUT2D eigenvalue weighted by molar-refractivity contribution is 7.12. The minimum absolute atomic E-state index is 0.492. The minimum atomic E-state index is 0.492. The number of methoxy groups -OCH3 is 1. The first-order valence-electron chi connectivity index (χ1n) is 7.05. The molecule has 1 aromatic heterocycles. The predicted molar refractivity (Wildman–Crippen MR) is 89.6 cm³/mol. The van der Waals surface area contributed by atoms with Crippen molar-refractivity contribution in [2.24, 2.45) is 0 Å². The lowest BCUT2D eigenvalue weighted by molar-refractivity contribution is 0.305. The number of para-hydroxylation sites is 1. The molecule has 3 aromatic rings. The van der Waals surface area contributed by atoms with E-state index in [2.05, 4.69) is 6.92 Å². The summed E-state index contributed by atoms with van der Waals surface area (Å²) in [6.07, 6.45) is 0. The summed E-state index contributed by atoms with van der Waals surface area (Å²) < 4.78 is 11.0. The third-order valence-corrected chi connectivity index (χ3v) is 4.25. The molecule has 22 heavy (non-hydrogen) atoms. The molecule has 0 unspecified atom stereocenters. The molecule has 0 spiro atoms. The van der Waals surface area contributed by atoms with E-state index >= 15 is 0 Å². The summed E-state index contributed by atoms with van der Waals surface area (Å²) in [6, 6.07) is 17.8. The molecule has 0 saturated carbocycles. The van der Waals surface area contributed by atoms with E-state index in [4.69, 9.17) is 14.5 Å². The van der Waals surface area contributed by atoms with Gasteiger partial charge < -0.3 is 9.47 Å². The largest absolute Gasteiger partial charge is 0.497 e.